The fourth-order valence-corrected chi connectivity index (χ4v) is 3.78. The number of carbonyl (C=O) groups is 3. The van der Waals surface area contributed by atoms with Crippen LogP contribution in [0.1, 0.15) is 15.9 Å². The summed E-state index contributed by atoms with van der Waals surface area (Å²) in [6, 6.07) is 12.9. The number of piperazine rings is 1. The van der Waals surface area contributed by atoms with Crippen LogP contribution in [0.25, 0.3) is 0 Å². The molecule has 31 heavy (non-hydrogen) atoms. The summed E-state index contributed by atoms with van der Waals surface area (Å²) in [6.45, 7) is 2.20. The number of imide groups is 1. The quantitative estimate of drug-likeness (QED) is 0.444. The molecule has 0 bridgehead atoms. The van der Waals surface area contributed by atoms with Crippen LogP contribution in [0, 0.1) is 10.1 Å². The molecular formula is C21H21N5O5. The van der Waals surface area contributed by atoms with Crippen LogP contribution in [0.15, 0.2) is 48.5 Å². The molecule has 160 valence electrons. The molecule has 2 heterocycles. The number of rotatable bonds is 5. The summed E-state index contributed by atoms with van der Waals surface area (Å²) < 4.78 is 0. The molecule has 0 aromatic heterocycles. The van der Waals surface area contributed by atoms with E-state index in [-0.39, 0.29) is 30.6 Å². The summed E-state index contributed by atoms with van der Waals surface area (Å²) in [5.74, 6) is -0.463. The number of anilines is 1. The Kier molecular flexibility index (Phi) is 5.52. The lowest BCUT2D eigenvalue weighted by molar-refractivity contribution is -0.384. The standard InChI is InChI=1S/C21H21N5O5/c27-19-13-22-21(29)25(19)14-15-3-1-2-4-18(15)20(28)24-11-9-23(10-12-24)16-5-7-17(8-6-16)26(30)31/h1-8H,9-14H2,(H,22,29). The van der Waals surface area contributed by atoms with Crippen LogP contribution in [-0.4, -0.2) is 65.3 Å². The van der Waals surface area contributed by atoms with Crippen molar-refractivity contribution in [1.82, 2.24) is 15.1 Å². The molecule has 1 N–H and O–H groups in total. The van der Waals surface area contributed by atoms with Crippen LogP contribution in [0.2, 0.25) is 0 Å². The molecule has 0 aliphatic carbocycles. The number of nitro benzene ring substituents is 1. The van der Waals surface area contributed by atoms with Crippen LogP contribution in [-0.2, 0) is 11.3 Å². The first-order valence-corrected chi connectivity index (χ1v) is 9.89. The third-order valence-corrected chi connectivity index (χ3v) is 5.51. The molecule has 4 amide bonds. The Bertz CT molecular complexity index is 1010. The molecule has 2 aromatic rings. The number of urea groups is 1. The lowest BCUT2D eigenvalue weighted by Crippen LogP contribution is -2.49. The van der Waals surface area contributed by atoms with E-state index >= 15 is 0 Å². The van der Waals surface area contributed by atoms with Crippen molar-refractivity contribution in [2.45, 2.75) is 6.54 Å². The van der Waals surface area contributed by atoms with Crippen molar-refractivity contribution in [3.63, 3.8) is 0 Å². The maximum absolute atomic E-state index is 13.1. The number of non-ortho nitro benzene ring substituents is 1. The molecule has 4 rings (SSSR count). The Morgan fingerprint density at radius 1 is 1.00 bits per heavy atom. The van der Waals surface area contributed by atoms with Gasteiger partial charge in [-0.2, -0.15) is 0 Å². The second-order valence-corrected chi connectivity index (χ2v) is 7.35. The van der Waals surface area contributed by atoms with Gasteiger partial charge in [-0.05, 0) is 23.8 Å². The van der Waals surface area contributed by atoms with Gasteiger partial charge in [0.15, 0.2) is 0 Å². The van der Waals surface area contributed by atoms with Gasteiger partial charge in [0.2, 0.25) is 5.91 Å². The largest absolute Gasteiger partial charge is 0.368 e. The maximum atomic E-state index is 13.1. The summed E-state index contributed by atoms with van der Waals surface area (Å²) >= 11 is 0. The van der Waals surface area contributed by atoms with E-state index in [4.69, 9.17) is 0 Å². The number of hydrogen-bond donors (Lipinski definition) is 1. The van der Waals surface area contributed by atoms with Crippen molar-refractivity contribution in [2.75, 3.05) is 37.6 Å². The average Bonchev–Trinajstić information content (AvgIpc) is 3.11. The highest BCUT2D eigenvalue weighted by atomic mass is 16.6. The Hall–Kier alpha value is -3.95. The summed E-state index contributed by atoms with van der Waals surface area (Å²) in [4.78, 5) is 52.2. The van der Waals surface area contributed by atoms with E-state index in [1.807, 2.05) is 0 Å². The molecule has 2 saturated heterocycles. The Morgan fingerprint density at radius 2 is 1.68 bits per heavy atom. The van der Waals surface area contributed by atoms with Gasteiger partial charge in [0, 0.05) is 49.6 Å². The molecule has 0 saturated carbocycles. The van der Waals surface area contributed by atoms with Crippen molar-refractivity contribution in [2.24, 2.45) is 0 Å². The number of nitrogens with zero attached hydrogens (tertiary/aromatic N) is 4. The average molecular weight is 423 g/mol. The lowest BCUT2D eigenvalue weighted by Gasteiger charge is -2.36. The Morgan fingerprint density at radius 3 is 2.29 bits per heavy atom. The number of nitro groups is 1. The van der Waals surface area contributed by atoms with E-state index in [1.165, 1.54) is 12.1 Å². The number of hydrogen-bond acceptors (Lipinski definition) is 6. The Balaban J connectivity index is 1.42. The molecule has 2 aromatic carbocycles. The van der Waals surface area contributed by atoms with Gasteiger partial charge in [-0.3, -0.25) is 24.6 Å². The number of carbonyl (C=O) groups excluding carboxylic acids is 3. The van der Waals surface area contributed by atoms with Crippen LogP contribution in [0.5, 0.6) is 0 Å². The van der Waals surface area contributed by atoms with E-state index in [0.717, 1.165) is 10.6 Å². The third-order valence-electron chi connectivity index (χ3n) is 5.51. The van der Waals surface area contributed by atoms with Gasteiger partial charge in [-0.1, -0.05) is 18.2 Å². The summed E-state index contributed by atoms with van der Waals surface area (Å²) in [7, 11) is 0. The summed E-state index contributed by atoms with van der Waals surface area (Å²) in [6.07, 6.45) is 0. The molecule has 0 radical (unpaired) electrons. The maximum Gasteiger partial charge on any atom is 0.324 e. The van der Waals surface area contributed by atoms with E-state index in [9.17, 15) is 24.5 Å². The minimum absolute atomic E-state index is 0.0282. The fraction of sp³-hybridized carbons (Fsp3) is 0.286. The number of benzene rings is 2. The fourth-order valence-electron chi connectivity index (χ4n) is 3.78. The highest BCUT2D eigenvalue weighted by molar-refractivity contribution is 6.02. The minimum atomic E-state index is -0.455. The van der Waals surface area contributed by atoms with Gasteiger partial charge in [-0.15, -0.1) is 0 Å². The predicted octanol–water partition coefficient (Wildman–Crippen LogP) is 1.61. The molecule has 0 atom stereocenters. The van der Waals surface area contributed by atoms with E-state index in [0.29, 0.717) is 37.3 Å². The van der Waals surface area contributed by atoms with Gasteiger partial charge in [-0.25, -0.2) is 4.79 Å². The normalized spacial score (nSPS) is 16.5. The SMILES string of the molecule is O=C(c1ccccc1CN1C(=O)CNC1=O)N1CCN(c2ccc([N+](=O)[O-])cc2)CC1. The minimum Gasteiger partial charge on any atom is -0.368 e. The summed E-state index contributed by atoms with van der Waals surface area (Å²) in [5.41, 5.74) is 2.01. The lowest BCUT2D eigenvalue weighted by atomic mass is 10.1. The topological polar surface area (TPSA) is 116 Å². The highest BCUT2D eigenvalue weighted by Gasteiger charge is 2.30. The molecule has 2 aliphatic heterocycles. The van der Waals surface area contributed by atoms with Gasteiger partial charge >= 0.3 is 6.03 Å². The third kappa shape index (κ3) is 4.18. The van der Waals surface area contributed by atoms with Gasteiger partial charge in [0.1, 0.15) is 0 Å². The molecule has 10 nitrogen and oxygen atoms in total. The first-order chi connectivity index (χ1) is 14.9. The molecule has 10 heteroatoms. The summed E-state index contributed by atoms with van der Waals surface area (Å²) in [5, 5.41) is 13.3. The van der Waals surface area contributed by atoms with Gasteiger partial charge < -0.3 is 15.1 Å². The zero-order valence-corrected chi connectivity index (χ0v) is 16.7. The number of nitrogens with one attached hydrogen (secondary N) is 1. The molecule has 0 unspecified atom stereocenters. The van der Waals surface area contributed by atoms with Crippen LogP contribution >= 0.6 is 0 Å². The van der Waals surface area contributed by atoms with Crippen molar-refractivity contribution in [3.05, 3.63) is 69.8 Å². The van der Waals surface area contributed by atoms with Crippen molar-refractivity contribution in [3.8, 4) is 0 Å². The second kappa shape index (κ2) is 8.42. The van der Waals surface area contributed by atoms with Crippen LogP contribution in [0.4, 0.5) is 16.2 Å². The van der Waals surface area contributed by atoms with Gasteiger partial charge in [0.05, 0.1) is 18.0 Å². The van der Waals surface area contributed by atoms with Gasteiger partial charge in [0.25, 0.3) is 11.6 Å². The smallest absolute Gasteiger partial charge is 0.324 e. The van der Waals surface area contributed by atoms with Crippen LogP contribution < -0.4 is 10.2 Å². The van der Waals surface area contributed by atoms with E-state index in [1.54, 1.807) is 41.3 Å². The van der Waals surface area contributed by atoms with Crippen molar-refractivity contribution >= 4 is 29.2 Å². The highest BCUT2D eigenvalue weighted by Crippen LogP contribution is 2.22. The predicted molar refractivity (Wildman–Crippen MR) is 112 cm³/mol. The first-order valence-electron chi connectivity index (χ1n) is 9.89. The monoisotopic (exact) mass is 423 g/mol. The van der Waals surface area contributed by atoms with E-state index in [2.05, 4.69) is 10.2 Å². The molecule has 2 fully saturated rings. The van der Waals surface area contributed by atoms with Crippen molar-refractivity contribution in [1.29, 1.82) is 0 Å². The zero-order valence-electron chi connectivity index (χ0n) is 16.7. The first kappa shape index (κ1) is 20.3. The number of amides is 4. The van der Waals surface area contributed by atoms with Crippen molar-refractivity contribution < 1.29 is 19.3 Å². The molecular weight excluding hydrogens is 402 g/mol. The van der Waals surface area contributed by atoms with E-state index < -0.39 is 11.0 Å². The van der Waals surface area contributed by atoms with Crippen LogP contribution in [0.3, 0.4) is 0 Å². The second-order valence-electron chi connectivity index (χ2n) is 7.35. The molecule has 2 aliphatic rings. The Labute approximate surface area is 178 Å². The zero-order chi connectivity index (χ0) is 22.0. The molecule has 0 spiro atoms.